The van der Waals surface area contributed by atoms with E-state index >= 15 is 0 Å². The summed E-state index contributed by atoms with van der Waals surface area (Å²) >= 11 is 1.66. The molecule has 0 fully saturated rings. The summed E-state index contributed by atoms with van der Waals surface area (Å²) < 4.78 is 11.2. The average Bonchev–Trinajstić information content (AvgIpc) is 3.09. The number of aromatic nitrogens is 2. The molecule has 1 N–H and O–H groups in total. The van der Waals surface area contributed by atoms with E-state index in [0.29, 0.717) is 38.8 Å². The molecule has 130 valence electrons. The SMILES string of the molecule is CCOc1ncnc2c1CN(C[C@H](O)COCc1cccs1)CC2. The van der Waals surface area contributed by atoms with Gasteiger partial charge in [0.15, 0.2) is 0 Å². The molecule has 6 nitrogen and oxygen atoms in total. The van der Waals surface area contributed by atoms with E-state index in [2.05, 4.69) is 14.9 Å². The number of hydrogen-bond donors (Lipinski definition) is 1. The fourth-order valence-electron chi connectivity index (χ4n) is 2.83. The molecule has 0 saturated carbocycles. The Labute approximate surface area is 146 Å². The fraction of sp³-hybridized carbons (Fsp3) is 0.529. The van der Waals surface area contributed by atoms with Gasteiger partial charge < -0.3 is 14.6 Å². The van der Waals surface area contributed by atoms with Crippen LogP contribution in [0.4, 0.5) is 0 Å². The second-order valence-electron chi connectivity index (χ2n) is 5.77. The Morgan fingerprint density at radius 2 is 2.33 bits per heavy atom. The summed E-state index contributed by atoms with van der Waals surface area (Å²) in [7, 11) is 0. The standard InChI is InChI=1S/C17H23N3O3S/c1-2-23-17-15-9-20(6-5-16(15)18-12-19-17)8-13(21)10-22-11-14-4-3-7-24-14/h3-4,7,12-13,21H,2,5-6,8-11H2,1H3/t13-/m0/s1. The summed E-state index contributed by atoms with van der Waals surface area (Å²) in [4.78, 5) is 12.0. The first-order valence-electron chi connectivity index (χ1n) is 8.22. The van der Waals surface area contributed by atoms with Gasteiger partial charge in [-0.15, -0.1) is 11.3 Å². The predicted molar refractivity (Wildman–Crippen MR) is 92.2 cm³/mol. The van der Waals surface area contributed by atoms with E-state index in [1.807, 2.05) is 24.4 Å². The summed E-state index contributed by atoms with van der Waals surface area (Å²) in [5.74, 6) is 0.663. The molecule has 3 rings (SSSR count). The number of rotatable bonds is 8. The third-order valence-electron chi connectivity index (χ3n) is 3.93. The van der Waals surface area contributed by atoms with Crippen molar-refractivity contribution in [2.45, 2.75) is 32.6 Å². The van der Waals surface area contributed by atoms with Crippen molar-refractivity contribution in [2.24, 2.45) is 0 Å². The highest BCUT2D eigenvalue weighted by molar-refractivity contribution is 7.09. The predicted octanol–water partition coefficient (Wildman–Crippen LogP) is 1.87. The van der Waals surface area contributed by atoms with Crippen LogP contribution in [0.25, 0.3) is 0 Å². The monoisotopic (exact) mass is 349 g/mol. The van der Waals surface area contributed by atoms with Gasteiger partial charge in [-0.3, -0.25) is 4.90 Å². The van der Waals surface area contributed by atoms with Crippen LogP contribution in [-0.4, -0.2) is 52.4 Å². The number of aliphatic hydroxyl groups is 1. The maximum atomic E-state index is 10.2. The average molecular weight is 349 g/mol. The molecule has 0 aromatic carbocycles. The molecule has 0 unspecified atom stereocenters. The molecule has 2 aromatic heterocycles. The van der Waals surface area contributed by atoms with E-state index in [1.165, 1.54) is 4.88 Å². The number of fused-ring (bicyclic) bond motifs is 1. The number of hydrogen-bond acceptors (Lipinski definition) is 7. The molecule has 0 aliphatic carbocycles. The Balaban J connectivity index is 1.49. The van der Waals surface area contributed by atoms with Crippen LogP contribution in [-0.2, 0) is 24.3 Å². The normalized spacial score (nSPS) is 15.9. The molecule has 0 spiro atoms. The number of aliphatic hydroxyl groups excluding tert-OH is 1. The van der Waals surface area contributed by atoms with Gasteiger partial charge in [0.1, 0.15) is 6.33 Å². The molecule has 0 saturated heterocycles. The Morgan fingerprint density at radius 1 is 1.42 bits per heavy atom. The van der Waals surface area contributed by atoms with Crippen LogP contribution in [0.5, 0.6) is 5.88 Å². The molecule has 1 atom stereocenters. The molecule has 1 aliphatic rings. The number of β-amino-alcohol motifs (C(OH)–C–C–N with tert-alkyl or cyclic N) is 1. The summed E-state index contributed by atoms with van der Waals surface area (Å²) in [6.07, 6.45) is 1.90. The third kappa shape index (κ3) is 4.51. The van der Waals surface area contributed by atoms with E-state index in [4.69, 9.17) is 9.47 Å². The van der Waals surface area contributed by atoms with Crippen molar-refractivity contribution in [1.29, 1.82) is 0 Å². The minimum absolute atomic E-state index is 0.338. The third-order valence-corrected chi connectivity index (χ3v) is 4.78. The van der Waals surface area contributed by atoms with Gasteiger partial charge in [-0.25, -0.2) is 9.97 Å². The second-order valence-corrected chi connectivity index (χ2v) is 6.80. The van der Waals surface area contributed by atoms with Crippen LogP contribution >= 0.6 is 11.3 Å². The first-order valence-corrected chi connectivity index (χ1v) is 9.10. The molecule has 2 aromatic rings. The minimum atomic E-state index is -0.508. The van der Waals surface area contributed by atoms with Gasteiger partial charge >= 0.3 is 0 Å². The highest BCUT2D eigenvalue weighted by Crippen LogP contribution is 2.24. The van der Waals surface area contributed by atoms with E-state index < -0.39 is 6.10 Å². The largest absolute Gasteiger partial charge is 0.478 e. The van der Waals surface area contributed by atoms with Gasteiger partial charge in [0.2, 0.25) is 5.88 Å². The first-order chi connectivity index (χ1) is 11.8. The molecule has 3 heterocycles. The van der Waals surface area contributed by atoms with Crippen LogP contribution in [0, 0.1) is 0 Å². The van der Waals surface area contributed by atoms with Gasteiger partial charge in [-0.05, 0) is 18.4 Å². The van der Waals surface area contributed by atoms with Crippen molar-refractivity contribution in [1.82, 2.24) is 14.9 Å². The minimum Gasteiger partial charge on any atom is -0.478 e. The van der Waals surface area contributed by atoms with E-state index in [9.17, 15) is 5.11 Å². The summed E-state index contributed by atoms with van der Waals surface area (Å²) in [5.41, 5.74) is 2.09. The van der Waals surface area contributed by atoms with Crippen molar-refractivity contribution in [3.05, 3.63) is 40.0 Å². The lowest BCUT2D eigenvalue weighted by molar-refractivity contribution is 0.00818. The molecule has 24 heavy (non-hydrogen) atoms. The molecule has 7 heteroatoms. The molecule has 0 bridgehead atoms. The molecule has 1 aliphatic heterocycles. The lowest BCUT2D eigenvalue weighted by Crippen LogP contribution is -2.38. The topological polar surface area (TPSA) is 67.7 Å². The van der Waals surface area contributed by atoms with E-state index in [-0.39, 0.29) is 0 Å². The zero-order valence-electron chi connectivity index (χ0n) is 13.9. The van der Waals surface area contributed by atoms with Gasteiger partial charge in [-0.2, -0.15) is 0 Å². The first kappa shape index (κ1) is 17.3. The van der Waals surface area contributed by atoms with Crippen LogP contribution in [0.15, 0.2) is 23.8 Å². The fourth-order valence-corrected chi connectivity index (χ4v) is 3.47. The van der Waals surface area contributed by atoms with Crippen LogP contribution < -0.4 is 4.74 Å². The summed E-state index contributed by atoms with van der Waals surface area (Å²) in [5, 5.41) is 12.3. The number of nitrogens with zero attached hydrogens (tertiary/aromatic N) is 3. The zero-order chi connectivity index (χ0) is 16.8. The zero-order valence-corrected chi connectivity index (χ0v) is 14.7. The van der Waals surface area contributed by atoms with Crippen molar-refractivity contribution in [3.8, 4) is 5.88 Å². The van der Waals surface area contributed by atoms with E-state index in [1.54, 1.807) is 17.7 Å². The lowest BCUT2D eigenvalue weighted by atomic mass is 10.1. The van der Waals surface area contributed by atoms with Gasteiger partial charge in [0.05, 0.1) is 31.6 Å². The summed E-state index contributed by atoms with van der Waals surface area (Å²) in [6, 6.07) is 4.04. The highest BCUT2D eigenvalue weighted by atomic mass is 32.1. The van der Waals surface area contributed by atoms with Gasteiger partial charge in [0.25, 0.3) is 0 Å². The lowest BCUT2D eigenvalue weighted by Gasteiger charge is -2.30. The molecular weight excluding hydrogens is 326 g/mol. The molecular formula is C17H23N3O3S. The quantitative estimate of drug-likeness (QED) is 0.785. The Morgan fingerprint density at radius 3 is 3.12 bits per heavy atom. The maximum absolute atomic E-state index is 10.2. The Hall–Kier alpha value is -1.54. The van der Waals surface area contributed by atoms with Crippen LogP contribution in [0.3, 0.4) is 0 Å². The molecule has 0 amide bonds. The highest BCUT2D eigenvalue weighted by Gasteiger charge is 2.23. The van der Waals surface area contributed by atoms with Crippen molar-refractivity contribution in [3.63, 3.8) is 0 Å². The van der Waals surface area contributed by atoms with Crippen LogP contribution in [0.2, 0.25) is 0 Å². The summed E-state index contributed by atoms with van der Waals surface area (Å²) in [6.45, 7) is 5.58. The number of thiophene rings is 1. The Kier molecular flexibility index (Phi) is 6.14. The number of ether oxygens (including phenoxy) is 2. The smallest absolute Gasteiger partial charge is 0.221 e. The maximum Gasteiger partial charge on any atom is 0.221 e. The van der Waals surface area contributed by atoms with Crippen molar-refractivity contribution < 1.29 is 14.6 Å². The Bertz CT molecular complexity index is 636. The second kappa shape index (κ2) is 8.53. The molecule has 0 radical (unpaired) electrons. The van der Waals surface area contributed by atoms with Crippen molar-refractivity contribution in [2.75, 3.05) is 26.3 Å². The van der Waals surface area contributed by atoms with Crippen LogP contribution in [0.1, 0.15) is 23.1 Å². The van der Waals surface area contributed by atoms with Gasteiger partial charge in [0, 0.05) is 36.5 Å². The van der Waals surface area contributed by atoms with Gasteiger partial charge in [-0.1, -0.05) is 6.07 Å². The van der Waals surface area contributed by atoms with E-state index in [0.717, 1.165) is 24.2 Å². The van der Waals surface area contributed by atoms with Crippen molar-refractivity contribution >= 4 is 11.3 Å².